The molecule has 0 unspecified atom stereocenters. The molecule has 0 radical (unpaired) electrons. The zero-order chi connectivity index (χ0) is 13.0. The summed E-state index contributed by atoms with van der Waals surface area (Å²) in [5.41, 5.74) is 0.988. The van der Waals surface area contributed by atoms with Gasteiger partial charge in [-0.15, -0.1) is 0 Å². The van der Waals surface area contributed by atoms with E-state index in [-0.39, 0.29) is 10.4 Å². The first-order chi connectivity index (χ1) is 8.69. The number of ether oxygens (including phenoxy) is 2. The Kier molecular flexibility index (Phi) is 4.23. The number of aromatic nitrogens is 2. The van der Waals surface area contributed by atoms with Crippen LogP contribution in [0.15, 0.2) is 30.5 Å². The summed E-state index contributed by atoms with van der Waals surface area (Å²) < 4.78 is 10.6. The second kappa shape index (κ2) is 5.89. The maximum atomic E-state index is 5.86. The van der Waals surface area contributed by atoms with E-state index in [1.165, 1.54) is 6.20 Å². The van der Waals surface area contributed by atoms with Crippen LogP contribution in [0.2, 0.25) is 10.4 Å². The summed E-state index contributed by atoms with van der Waals surface area (Å²) in [7, 11) is 1.62. The second-order valence-corrected chi connectivity index (χ2v) is 4.13. The number of nitrogens with zero attached hydrogens (tertiary/aromatic N) is 2. The fraction of sp³-hybridized carbons (Fsp3) is 0.167. The molecule has 6 heteroatoms. The Morgan fingerprint density at radius 2 is 1.89 bits per heavy atom. The van der Waals surface area contributed by atoms with Gasteiger partial charge in [-0.3, -0.25) is 0 Å². The van der Waals surface area contributed by atoms with E-state index in [9.17, 15) is 0 Å². The highest BCUT2D eigenvalue weighted by Crippen LogP contribution is 2.23. The maximum absolute atomic E-state index is 5.86. The number of benzene rings is 1. The molecule has 0 saturated carbocycles. The Morgan fingerprint density at radius 3 is 2.50 bits per heavy atom. The maximum Gasteiger partial charge on any atom is 0.224 e. The highest BCUT2D eigenvalue weighted by atomic mass is 35.5. The van der Waals surface area contributed by atoms with Crippen LogP contribution in [0.25, 0.3) is 0 Å². The zero-order valence-corrected chi connectivity index (χ0v) is 11.1. The molecule has 1 heterocycles. The van der Waals surface area contributed by atoms with Gasteiger partial charge in [0, 0.05) is 0 Å². The topological polar surface area (TPSA) is 44.2 Å². The Labute approximate surface area is 114 Å². The van der Waals surface area contributed by atoms with E-state index >= 15 is 0 Å². The minimum atomic E-state index is 0.0943. The Hall–Kier alpha value is -1.52. The number of hydrogen-bond donors (Lipinski definition) is 0. The molecule has 0 atom stereocenters. The van der Waals surface area contributed by atoms with Crippen LogP contribution in [-0.4, -0.2) is 17.1 Å². The summed E-state index contributed by atoms with van der Waals surface area (Å²) in [4.78, 5) is 7.59. The SMILES string of the molecule is COc1ccc(COc2cnc(Cl)nc2Cl)cc1. The summed E-state index contributed by atoms with van der Waals surface area (Å²) in [5.74, 6) is 1.20. The summed E-state index contributed by atoms with van der Waals surface area (Å²) in [6, 6.07) is 7.53. The molecule has 0 aliphatic carbocycles. The van der Waals surface area contributed by atoms with Crippen LogP contribution in [0.3, 0.4) is 0 Å². The molecule has 0 aliphatic rings. The Morgan fingerprint density at radius 1 is 1.17 bits per heavy atom. The van der Waals surface area contributed by atoms with E-state index in [0.717, 1.165) is 11.3 Å². The predicted molar refractivity (Wildman–Crippen MR) is 69.4 cm³/mol. The van der Waals surface area contributed by atoms with Gasteiger partial charge in [-0.2, -0.15) is 0 Å². The molecular formula is C12H10Cl2N2O2. The average Bonchev–Trinajstić information content (AvgIpc) is 2.38. The third kappa shape index (κ3) is 3.24. The molecule has 0 fully saturated rings. The lowest BCUT2D eigenvalue weighted by molar-refractivity contribution is 0.303. The van der Waals surface area contributed by atoms with Gasteiger partial charge in [0.05, 0.1) is 13.3 Å². The van der Waals surface area contributed by atoms with Crippen molar-refractivity contribution in [2.75, 3.05) is 7.11 Å². The molecule has 0 aliphatic heterocycles. The molecular weight excluding hydrogens is 275 g/mol. The van der Waals surface area contributed by atoms with Gasteiger partial charge in [-0.1, -0.05) is 23.7 Å². The summed E-state index contributed by atoms with van der Waals surface area (Å²) >= 11 is 11.5. The first kappa shape index (κ1) is 12.9. The molecule has 0 spiro atoms. The molecule has 2 aromatic rings. The van der Waals surface area contributed by atoms with Crippen molar-refractivity contribution in [1.29, 1.82) is 0 Å². The molecule has 2 rings (SSSR count). The van der Waals surface area contributed by atoms with Crippen molar-refractivity contribution >= 4 is 23.2 Å². The van der Waals surface area contributed by atoms with Crippen molar-refractivity contribution in [3.63, 3.8) is 0 Å². The van der Waals surface area contributed by atoms with Crippen LogP contribution in [0.1, 0.15) is 5.56 Å². The van der Waals surface area contributed by atoms with E-state index in [2.05, 4.69) is 9.97 Å². The molecule has 4 nitrogen and oxygen atoms in total. The van der Waals surface area contributed by atoms with Crippen LogP contribution in [0.5, 0.6) is 11.5 Å². The first-order valence-corrected chi connectivity index (χ1v) is 5.88. The zero-order valence-electron chi connectivity index (χ0n) is 9.56. The minimum absolute atomic E-state index is 0.0943. The average molecular weight is 285 g/mol. The number of hydrogen-bond acceptors (Lipinski definition) is 4. The van der Waals surface area contributed by atoms with Crippen LogP contribution >= 0.6 is 23.2 Å². The molecule has 1 aromatic heterocycles. The van der Waals surface area contributed by atoms with Crippen LogP contribution in [0.4, 0.5) is 0 Å². The van der Waals surface area contributed by atoms with Crippen LogP contribution < -0.4 is 9.47 Å². The van der Waals surface area contributed by atoms with E-state index in [0.29, 0.717) is 12.4 Å². The quantitative estimate of drug-likeness (QED) is 0.638. The van der Waals surface area contributed by atoms with Gasteiger partial charge in [-0.05, 0) is 29.3 Å². The van der Waals surface area contributed by atoms with Crippen molar-refractivity contribution in [3.8, 4) is 11.5 Å². The molecule has 0 amide bonds. The molecule has 0 saturated heterocycles. The molecule has 18 heavy (non-hydrogen) atoms. The lowest BCUT2D eigenvalue weighted by Crippen LogP contribution is -1.98. The van der Waals surface area contributed by atoms with E-state index in [1.807, 2.05) is 24.3 Å². The third-order valence-corrected chi connectivity index (χ3v) is 2.69. The number of halogens is 2. The minimum Gasteiger partial charge on any atom is -0.497 e. The highest BCUT2D eigenvalue weighted by Gasteiger charge is 2.05. The van der Waals surface area contributed by atoms with Crippen LogP contribution in [-0.2, 0) is 6.61 Å². The van der Waals surface area contributed by atoms with E-state index in [1.54, 1.807) is 7.11 Å². The fourth-order valence-electron chi connectivity index (χ4n) is 1.31. The molecule has 0 N–H and O–H groups in total. The van der Waals surface area contributed by atoms with Gasteiger partial charge in [0.15, 0.2) is 10.9 Å². The number of methoxy groups -OCH3 is 1. The summed E-state index contributed by atoms with van der Waals surface area (Å²) in [6.45, 7) is 0.370. The van der Waals surface area contributed by atoms with Gasteiger partial charge in [0.25, 0.3) is 0 Å². The molecule has 94 valence electrons. The van der Waals surface area contributed by atoms with Crippen molar-refractivity contribution in [2.24, 2.45) is 0 Å². The lowest BCUT2D eigenvalue weighted by Gasteiger charge is -2.07. The van der Waals surface area contributed by atoms with Gasteiger partial charge >= 0.3 is 0 Å². The normalized spacial score (nSPS) is 10.2. The molecule has 1 aromatic carbocycles. The smallest absolute Gasteiger partial charge is 0.224 e. The van der Waals surface area contributed by atoms with Gasteiger partial charge in [-0.25, -0.2) is 9.97 Å². The summed E-state index contributed by atoms with van der Waals surface area (Å²) in [5, 5.41) is 0.292. The third-order valence-electron chi connectivity index (χ3n) is 2.24. The lowest BCUT2D eigenvalue weighted by atomic mass is 10.2. The van der Waals surface area contributed by atoms with Crippen molar-refractivity contribution < 1.29 is 9.47 Å². The molecule has 0 bridgehead atoms. The van der Waals surface area contributed by atoms with E-state index in [4.69, 9.17) is 32.7 Å². The van der Waals surface area contributed by atoms with E-state index < -0.39 is 0 Å². The van der Waals surface area contributed by atoms with Gasteiger partial charge < -0.3 is 9.47 Å². The Bertz CT molecular complexity index is 532. The number of rotatable bonds is 4. The van der Waals surface area contributed by atoms with Crippen molar-refractivity contribution in [3.05, 3.63) is 46.5 Å². The fourth-order valence-corrected chi connectivity index (χ4v) is 1.67. The second-order valence-electron chi connectivity index (χ2n) is 3.43. The summed E-state index contributed by atoms with van der Waals surface area (Å²) in [6.07, 6.45) is 1.45. The van der Waals surface area contributed by atoms with Crippen molar-refractivity contribution in [2.45, 2.75) is 6.61 Å². The highest BCUT2D eigenvalue weighted by molar-refractivity contribution is 6.32. The standard InChI is InChI=1S/C12H10Cl2N2O2/c1-17-9-4-2-8(3-5-9)7-18-10-6-15-12(14)16-11(10)13/h2-6H,7H2,1H3. The first-order valence-electron chi connectivity index (χ1n) is 5.13. The Balaban J connectivity index is 2.02. The monoisotopic (exact) mass is 284 g/mol. The van der Waals surface area contributed by atoms with Crippen LogP contribution in [0, 0.1) is 0 Å². The van der Waals surface area contributed by atoms with Gasteiger partial charge in [0.1, 0.15) is 12.4 Å². The largest absolute Gasteiger partial charge is 0.497 e. The van der Waals surface area contributed by atoms with Crippen molar-refractivity contribution in [1.82, 2.24) is 9.97 Å². The predicted octanol–water partition coefficient (Wildman–Crippen LogP) is 3.37. The van der Waals surface area contributed by atoms with Gasteiger partial charge in [0.2, 0.25) is 5.28 Å².